The number of aryl methyl sites for hydroxylation is 2. The Balaban J connectivity index is 0.00000192. The number of fused-ring (bicyclic) bond motifs is 1. The Bertz CT molecular complexity index is 741. The number of likely N-dealkylation sites (tertiary alicyclic amines) is 1. The van der Waals surface area contributed by atoms with Gasteiger partial charge in [-0.2, -0.15) is 0 Å². The minimum atomic E-state index is -0.0171. The first-order chi connectivity index (χ1) is 10.5. The van der Waals surface area contributed by atoms with Crippen LogP contribution in [-0.4, -0.2) is 34.0 Å². The molecule has 2 unspecified atom stereocenters. The van der Waals surface area contributed by atoms with Crippen LogP contribution in [0.5, 0.6) is 0 Å². The topological polar surface area (TPSA) is 75.0 Å². The summed E-state index contributed by atoms with van der Waals surface area (Å²) in [7, 11) is 0. The van der Waals surface area contributed by atoms with E-state index in [9.17, 15) is 4.79 Å². The number of hydrogen-bond acceptors (Lipinski definition) is 5. The minimum Gasteiger partial charge on any atom is -0.329 e. The molecule has 1 aliphatic rings. The molecule has 0 aromatic carbocycles. The van der Waals surface area contributed by atoms with Gasteiger partial charge in [0, 0.05) is 17.5 Å². The molecule has 0 aliphatic carbocycles. The van der Waals surface area contributed by atoms with Crippen LogP contribution in [0.1, 0.15) is 36.0 Å². The summed E-state index contributed by atoms with van der Waals surface area (Å²) in [5.74, 6) is 1.48. The number of halogens is 1. The number of piperidine rings is 1. The highest BCUT2D eigenvalue weighted by Crippen LogP contribution is 2.27. The lowest BCUT2D eigenvalue weighted by Gasteiger charge is -2.37. The van der Waals surface area contributed by atoms with Gasteiger partial charge in [0.05, 0.1) is 11.9 Å². The summed E-state index contributed by atoms with van der Waals surface area (Å²) in [5.41, 5.74) is 6.95. The molecule has 0 saturated carbocycles. The zero-order valence-corrected chi connectivity index (χ0v) is 15.5. The quantitative estimate of drug-likeness (QED) is 0.886. The lowest BCUT2D eigenvalue weighted by atomic mass is 9.92. The van der Waals surface area contributed by atoms with Crippen molar-refractivity contribution < 1.29 is 0 Å². The van der Waals surface area contributed by atoms with Gasteiger partial charge >= 0.3 is 0 Å². The van der Waals surface area contributed by atoms with Crippen molar-refractivity contribution in [3.8, 4) is 0 Å². The van der Waals surface area contributed by atoms with Crippen molar-refractivity contribution in [1.29, 1.82) is 0 Å². The van der Waals surface area contributed by atoms with Gasteiger partial charge in [0.2, 0.25) is 0 Å². The van der Waals surface area contributed by atoms with E-state index in [4.69, 9.17) is 5.73 Å². The molecule has 0 spiro atoms. The van der Waals surface area contributed by atoms with Gasteiger partial charge in [0.25, 0.3) is 5.56 Å². The van der Waals surface area contributed by atoms with Gasteiger partial charge in [0.15, 0.2) is 0 Å². The van der Waals surface area contributed by atoms with Crippen LogP contribution in [0.3, 0.4) is 0 Å². The lowest BCUT2D eigenvalue weighted by molar-refractivity contribution is 0.112. The summed E-state index contributed by atoms with van der Waals surface area (Å²) in [4.78, 5) is 24.4. The monoisotopic (exact) mass is 356 g/mol. The van der Waals surface area contributed by atoms with Crippen molar-refractivity contribution in [2.45, 2.75) is 46.2 Å². The molecule has 1 fully saturated rings. The van der Waals surface area contributed by atoms with Crippen molar-refractivity contribution in [2.75, 3.05) is 13.1 Å². The van der Waals surface area contributed by atoms with Gasteiger partial charge < -0.3 is 10.7 Å². The maximum atomic E-state index is 12.3. The second-order valence-electron chi connectivity index (χ2n) is 6.47. The Morgan fingerprint density at radius 3 is 2.87 bits per heavy atom. The van der Waals surface area contributed by atoms with Gasteiger partial charge in [-0.25, -0.2) is 4.98 Å². The number of nitrogens with one attached hydrogen (secondary N) is 1. The normalized spacial score (nSPS) is 22.3. The molecule has 0 radical (unpaired) electrons. The van der Waals surface area contributed by atoms with E-state index < -0.39 is 0 Å². The Morgan fingerprint density at radius 2 is 2.17 bits per heavy atom. The zero-order valence-electron chi connectivity index (χ0n) is 13.9. The van der Waals surface area contributed by atoms with E-state index >= 15 is 0 Å². The standard InChI is InChI=1S/C16H24N4OS.ClH/c1-9-4-5-20(12(6-9)7-17)8-13-18-15(21)14-10(2)11(3)22-16(14)19-13;/h9,12H,4-8,17H2,1-3H3,(H,18,19,21);1H. The van der Waals surface area contributed by atoms with Crippen molar-refractivity contribution in [3.05, 3.63) is 26.6 Å². The fraction of sp³-hybridized carbons (Fsp3) is 0.625. The largest absolute Gasteiger partial charge is 0.329 e. The van der Waals surface area contributed by atoms with Crippen LogP contribution in [0.15, 0.2) is 4.79 Å². The van der Waals surface area contributed by atoms with Crippen molar-refractivity contribution in [1.82, 2.24) is 14.9 Å². The maximum absolute atomic E-state index is 12.3. The van der Waals surface area contributed by atoms with E-state index in [1.165, 1.54) is 6.42 Å². The molecule has 2 aromatic rings. The van der Waals surface area contributed by atoms with Crippen LogP contribution in [0.25, 0.3) is 10.2 Å². The van der Waals surface area contributed by atoms with Crippen molar-refractivity contribution >= 4 is 34.0 Å². The fourth-order valence-corrected chi connectivity index (χ4v) is 4.37. The Kier molecular flexibility index (Phi) is 5.84. The number of aromatic nitrogens is 2. The smallest absolute Gasteiger partial charge is 0.259 e. The van der Waals surface area contributed by atoms with Gasteiger partial charge in [0.1, 0.15) is 10.7 Å². The number of nitrogens with two attached hydrogens (primary N) is 1. The van der Waals surface area contributed by atoms with Crippen LogP contribution in [0.2, 0.25) is 0 Å². The Morgan fingerprint density at radius 1 is 1.43 bits per heavy atom. The molecule has 2 aromatic heterocycles. The third kappa shape index (κ3) is 3.60. The van der Waals surface area contributed by atoms with Gasteiger partial charge in [-0.05, 0) is 44.7 Å². The third-order valence-corrected chi connectivity index (χ3v) is 5.91. The summed E-state index contributed by atoms with van der Waals surface area (Å²) in [6.45, 7) is 8.67. The third-order valence-electron chi connectivity index (χ3n) is 4.81. The van der Waals surface area contributed by atoms with Crippen LogP contribution in [-0.2, 0) is 6.54 Å². The number of rotatable bonds is 3. The van der Waals surface area contributed by atoms with Gasteiger partial charge in [-0.15, -0.1) is 23.7 Å². The number of aromatic amines is 1. The van der Waals surface area contributed by atoms with Crippen LogP contribution >= 0.6 is 23.7 Å². The molecule has 7 heteroatoms. The SMILES string of the molecule is Cc1sc2nc(CN3CCC(C)CC3CN)[nH]c(=O)c2c1C.Cl. The molecule has 23 heavy (non-hydrogen) atoms. The first-order valence-corrected chi connectivity index (χ1v) is 8.74. The van der Waals surface area contributed by atoms with E-state index in [0.29, 0.717) is 19.1 Å². The van der Waals surface area contributed by atoms with Gasteiger partial charge in [-0.1, -0.05) is 6.92 Å². The average Bonchev–Trinajstić information content (AvgIpc) is 2.76. The Hall–Kier alpha value is -0.950. The lowest BCUT2D eigenvalue weighted by Crippen LogP contribution is -2.46. The van der Waals surface area contributed by atoms with E-state index in [1.807, 2.05) is 13.8 Å². The molecule has 3 rings (SSSR count). The number of H-pyrrole nitrogens is 1. The highest BCUT2D eigenvalue weighted by molar-refractivity contribution is 7.18. The van der Waals surface area contributed by atoms with Gasteiger partial charge in [-0.3, -0.25) is 9.69 Å². The summed E-state index contributed by atoms with van der Waals surface area (Å²) < 4.78 is 0. The molecule has 5 nitrogen and oxygen atoms in total. The van der Waals surface area contributed by atoms with E-state index in [1.54, 1.807) is 11.3 Å². The fourth-order valence-electron chi connectivity index (χ4n) is 3.32. The Labute approximate surface area is 146 Å². The number of thiophene rings is 1. The van der Waals surface area contributed by atoms with E-state index in [2.05, 4.69) is 21.8 Å². The molecule has 2 atom stereocenters. The molecule has 3 N–H and O–H groups in total. The summed E-state index contributed by atoms with van der Waals surface area (Å²) in [5, 5.41) is 0.744. The molecular weight excluding hydrogens is 332 g/mol. The predicted molar refractivity (Wildman–Crippen MR) is 98.6 cm³/mol. The average molecular weight is 357 g/mol. The van der Waals surface area contributed by atoms with Crippen LogP contribution in [0.4, 0.5) is 0 Å². The first kappa shape index (κ1) is 18.4. The molecule has 1 aliphatic heterocycles. The van der Waals surface area contributed by atoms with E-state index in [-0.39, 0.29) is 18.0 Å². The van der Waals surface area contributed by atoms with Crippen LogP contribution < -0.4 is 11.3 Å². The zero-order chi connectivity index (χ0) is 15.9. The highest BCUT2D eigenvalue weighted by atomic mass is 35.5. The number of nitrogens with zero attached hydrogens (tertiary/aromatic N) is 2. The summed E-state index contributed by atoms with van der Waals surface area (Å²) in [6.07, 6.45) is 2.31. The number of hydrogen-bond donors (Lipinski definition) is 2. The molecule has 3 heterocycles. The predicted octanol–water partition coefficient (Wildman–Crippen LogP) is 2.58. The second kappa shape index (κ2) is 7.30. The van der Waals surface area contributed by atoms with Crippen molar-refractivity contribution in [2.24, 2.45) is 11.7 Å². The van der Waals surface area contributed by atoms with E-state index in [0.717, 1.165) is 45.4 Å². The molecule has 128 valence electrons. The summed E-state index contributed by atoms with van der Waals surface area (Å²) >= 11 is 1.60. The molecule has 0 amide bonds. The summed E-state index contributed by atoms with van der Waals surface area (Å²) in [6, 6.07) is 0.386. The molecular formula is C16H25ClN4OS. The molecule has 1 saturated heterocycles. The minimum absolute atomic E-state index is 0. The maximum Gasteiger partial charge on any atom is 0.259 e. The highest BCUT2D eigenvalue weighted by Gasteiger charge is 2.26. The van der Waals surface area contributed by atoms with Crippen molar-refractivity contribution in [3.63, 3.8) is 0 Å². The molecule has 0 bridgehead atoms. The second-order valence-corrected chi connectivity index (χ2v) is 7.67. The first-order valence-electron chi connectivity index (χ1n) is 7.92. The van der Waals surface area contributed by atoms with Crippen LogP contribution in [0, 0.1) is 19.8 Å².